The van der Waals surface area contributed by atoms with Crippen molar-refractivity contribution in [3.8, 4) is 16.9 Å². The number of aryl methyl sites for hydroxylation is 1. The number of nitrogens with one attached hydrogen (secondary N) is 2. The summed E-state index contributed by atoms with van der Waals surface area (Å²) in [5.41, 5.74) is 5.14. The Kier molecular flexibility index (Phi) is 7.91. The average Bonchev–Trinajstić information content (AvgIpc) is 3.40. The Labute approximate surface area is 212 Å². The summed E-state index contributed by atoms with van der Waals surface area (Å²) >= 11 is 0.0185. The summed E-state index contributed by atoms with van der Waals surface area (Å²) in [6.07, 6.45) is 1.94. The number of anilines is 1. The van der Waals surface area contributed by atoms with Gasteiger partial charge in [0.05, 0.1) is 7.11 Å². The third-order valence-electron chi connectivity index (χ3n) is 6.30. The summed E-state index contributed by atoms with van der Waals surface area (Å²) in [6, 6.07) is 15.8. The number of fused-ring (bicyclic) bond motifs is 1. The second kappa shape index (κ2) is 11.1. The Bertz CT molecular complexity index is 1260. The molecule has 7 heteroatoms. The number of methoxy groups -OCH3 is 1. The van der Waals surface area contributed by atoms with Crippen LogP contribution in [0.3, 0.4) is 0 Å². The number of carbonyl (C=O) groups is 2. The Morgan fingerprint density at radius 3 is 2.49 bits per heavy atom. The van der Waals surface area contributed by atoms with E-state index in [1.807, 2.05) is 61.5 Å². The maximum absolute atomic E-state index is 12.8. The fourth-order valence-electron chi connectivity index (χ4n) is 4.21. The van der Waals surface area contributed by atoms with E-state index in [0.717, 1.165) is 62.2 Å². The van der Waals surface area contributed by atoms with Crippen LogP contribution in [-0.2, 0) is 4.79 Å². The SMILES string of the molecule is CCN(CC)CCNC(=O)c1cc(/C=C2\C(=O)Nc3cc(-c4ccc(OC)cc4)ccc32)[se]c1C. The second-order valence-corrected chi connectivity index (χ2v) is 11.1. The van der Waals surface area contributed by atoms with E-state index in [1.165, 1.54) is 0 Å². The van der Waals surface area contributed by atoms with Gasteiger partial charge in [-0.3, -0.25) is 0 Å². The summed E-state index contributed by atoms with van der Waals surface area (Å²) in [6.45, 7) is 9.66. The molecule has 1 aliphatic heterocycles. The molecular weight excluding hydrogens is 505 g/mol. The molecule has 2 aromatic carbocycles. The molecule has 0 saturated carbocycles. The molecule has 182 valence electrons. The predicted molar refractivity (Wildman–Crippen MR) is 143 cm³/mol. The number of ether oxygens (including phenoxy) is 1. The summed E-state index contributed by atoms with van der Waals surface area (Å²) in [4.78, 5) is 27.8. The van der Waals surface area contributed by atoms with Gasteiger partial charge in [0.2, 0.25) is 0 Å². The fraction of sp³-hybridized carbons (Fsp3) is 0.286. The van der Waals surface area contributed by atoms with E-state index >= 15 is 0 Å². The van der Waals surface area contributed by atoms with E-state index < -0.39 is 0 Å². The number of hydrogen-bond acceptors (Lipinski definition) is 4. The van der Waals surface area contributed by atoms with Crippen LogP contribution in [0.25, 0.3) is 22.8 Å². The third-order valence-corrected chi connectivity index (χ3v) is 8.39. The topological polar surface area (TPSA) is 70.7 Å². The van der Waals surface area contributed by atoms with Gasteiger partial charge < -0.3 is 0 Å². The minimum absolute atomic E-state index is 0.0185. The standard InChI is InChI=1S/C28H31N3O3Se/c1-5-31(6-2)14-13-29-27(32)24-16-22(35-18(24)3)17-25-23-12-9-20(15-26(23)30-28(25)33)19-7-10-21(34-4)11-8-19/h7-12,15-17H,5-6,13-14H2,1-4H3,(H,29,32)(H,30,33)/b25-17-. The molecule has 0 aliphatic carbocycles. The van der Waals surface area contributed by atoms with Crippen LogP contribution in [0.4, 0.5) is 5.69 Å². The molecule has 1 aliphatic rings. The first kappa shape index (κ1) is 25.0. The van der Waals surface area contributed by atoms with Crippen molar-refractivity contribution in [2.45, 2.75) is 20.8 Å². The summed E-state index contributed by atoms with van der Waals surface area (Å²) in [7, 11) is 1.65. The molecule has 0 saturated heterocycles. The summed E-state index contributed by atoms with van der Waals surface area (Å²) < 4.78 is 7.35. The quantitative estimate of drug-likeness (QED) is 0.316. The molecule has 6 nitrogen and oxygen atoms in total. The Morgan fingerprint density at radius 2 is 1.80 bits per heavy atom. The molecule has 35 heavy (non-hydrogen) atoms. The zero-order valence-electron chi connectivity index (χ0n) is 20.6. The van der Waals surface area contributed by atoms with Gasteiger partial charge in [-0.15, -0.1) is 0 Å². The van der Waals surface area contributed by atoms with Crippen LogP contribution >= 0.6 is 0 Å². The van der Waals surface area contributed by atoms with Gasteiger partial charge in [0.15, 0.2) is 0 Å². The molecule has 1 aromatic heterocycles. The molecule has 3 aromatic rings. The molecule has 0 spiro atoms. The Hall–Kier alpha value is -3.12. The van der Waals surface area contributed by atoms with E-state index in [-0.39, 0.29) is 26.3 Å². The molecular formula is C28H31N3O3Se. The van der Waals surface area contributed by atoms with Crippen LogP contribution in [0.2, 0.25) is 0 Å². The molecule has 2 N–H and O–H groups in total. The number of benzene rings is 2. The van der Waals surface area contributed by atoms with E-state index in [4.69, 9.17) is 4.74 Å². The number of amides is 2. The van der Waals surface area contributed by atoms with Crippen LogP contribution < -0.4 is 15.4 Å². The number of carbonyl (C=O) groups excluding carboxylic acids is 2. The molecule has 0 unspecified atom stereocenters. The van der Waals surface area contributed by atoms with Crippen molar-refractivity contribution in [3.05, 3.63) is 68.5 Å². The average molecular weight is 537 g/mol. The summed E-state index contributed by atoms with van der Waals surface area (Å²) in [5, 5.41) is 6.04. The van der Waals surface area contributed by atoms with Crippen LogP contribution in [0.5, 0.6) is 5.75 Å². The first-order valence-corrected chi connectivity index (χ1v) is 13.6. The Morgan fingerprint density at radius 1 is 1.09 bits per heavy atom. The number of likely N-dealkylation sites (N-methyl/N-ethyl adjacent to an activating group) is 1. The van der Waals surface area contributed by atoms with Crippen molar-refractivity contribution in [1.82, 2.24) is 10.2 Å². The number of hydrogen-bond donors (Lipinski definition) is 2. The van der Waals surface area contributed by atoms with Gasteiger partial charge in [0.25, 0.3) is 0 Å². The maximum atomic E-state index is 12.8. The molecule has 0 radical (unpaired) electrons. The second-order valence-electron chi connectivity index (χ2n) is 8.40. The molecule has 0 bridgehead atoms. The van der Waals surface area contributed by atoms with E-state index in [9.17, 15) is 9.59 Å². The van der Waals surface area contributed by atoms with Crippen LogP contribution in [0.15, 0.2) is 48.5 Å². The zero-order chi connectivity index (χ0) is 24.9. The van der Waals surface area contributed by atoms with Crippen molar-refractivity contribution in [3.63, 3.8) is 0 Å². The Balaban J connectivity index is 1.52. The first-order chi connectivity index (χ1) is 16.9. The van der Waals surface area contributed by atoms with Crippen molar-refractivity contribution in [1.29, 1.82) is 0 Å². The van der Waals surface area contributed by atoms with Crippen LogP contribution in [0, 0.1) is 6.92 Å². The monoisotopic (exact) mass is 537 g/mol. The van der Waals surface area contributed by atoms with Crippen LogP contribution in [0.1, 0.15) is 38.6 Å². The third kappa shape index (κ3) is 5.59. The van der Waals surface area contributed by atoms with Gasteiger partial charge in [0, 0.05) is 0 Å². The zero-order valence-corrected chi connectivity index (χ0v) is 22.3. The van der Waals surface area contributed by atoms with Crippen molar-refractivity contribution >= 4 is 43.7 Å². The normalized spacial score (nSPS) is 13.7. The first-order valence-electron chi connectivity index (χ1n) is 11.9. The molecule has 4 rings (SSSR count). The molecule has 0 atom stereocenters. The van der Waals surface area contributed by atoms with Gasteiger partial charge in [-0.05, 0) is 0 Å². The predicted octanol–water partition coefficient (Wildman–Crippen LogP) is 4.29. The van der Waals surface area contributed by atoms with E-state index in [0.29, 0.717) is 12.1 Å². The van der Waals surface area contributed by atoms with E-state index in [2.05, 4.69) is 29.4 Å². The van der Waals surface area contributed by atoms with Gasteiger partial charge in [-0.1, -0.05) is 0 Å². The molecule has 0 fully saturated rings. The fourth-order valence-corrected chi connectivity index (χ4v) is 6.24. The molecule has 2 heterocycles. The van der Waals surface area contributed by atoms with Crippen LogP contribution in [-0.4, -0.2) is 64.5 Å². The van der Waals surface area contributed by atoms with Crippen molar-refractivity contribution in [2.75, 3.05) is 38.6 Å². The van der Waals surface area contributed by atoms with Gasteiger partial charge in [0.1, 0.15) is 0 Å². The van der Waals surface area contributed by atoms with Gasteiger partial charge >= 0.3 is 206 Å². The van der Waals surface area contributed by atoms with Crippen molar-refractivity contribution < 1.29 is 14.3 Å². The number of rotatable bonds is 9. The minimum atomic E-state index is -0.113. The molecule has 2 amide bonds. The van der Waals surface area contributed by atoms with Gasteiger partial charge in [-0.2, -0.15) is 0 Å². The van der Waals surface area contributed by atoms with Gasteiger partial charge in [-0.25, -0.2) is 0 Å². The van der Waals surface area contributed by atoms with Crippen molar-refractivity contribution in [2.24, 2.45) is 0 Å². The summed E-state index contributed by atoms with van der Waals surface area (Å²) in [5.74, 6) is 0.657. The number of nitrogens with zero attached hydrogens (tertiary/aromatic N) is 1. The van der Waals surface area contributed by atoms with E-state index in [1.54, 1.807) is 7.11 Å².